The van der Waals surface area contributed by atoms with E-state index in [0.29, 0.717) is 11.3 Å². The minimum Gasteiger partial charge on any atom is -0.507 e. The third kappa shape index (κ3) is 6.14. The largest absolute Gasteiger partial charge is 0.507 e. The van der Waals surface area contributed by atoms with E-state index >= 15 is 0 Å². The first-order chi connectivity index (χ1) is 20.6. The normalized spacial score (nSPS) is 36.0. The number of rotatable bonds is 8. The summed E-state index contributed by atoms with van der Waals surface area (Å²) in [4.78, 5) is 12.9. The molecule has 43 heavy (non-hydrogen) atoms. The molecular weight excluding hydrogens is 576 g/mol. The molecule has 3 aliphatic heterocycles. The quantitative estimate of drug-likeness (QED) is 0.163. The standard InChI is InChI=1S/C28H34O15/c1-38-12-4-2-11(3-5-12)16-8-15(32)20-14(31)6-13(7-17(20)40-16)39-28-26(24(36)22(34)19(10-30)42-28)43-27-25(37)23(35)21(33)18(9-29)41-27/h2-7,16,18-19,21-31,33-37H,8-10H2,1H3/t16-,18-,19-,21-,22-,23+,24+,25-,26-,27+,28-/m1/s1. The van der Waals surface area contributed by atoms with Crippen molar-refractivity contribution >= 4 is 5.78 Å². The lowest BCUT2D eigenvalue weighted by Crippen LogP contribution is -2.65. The van der Waals surface area contributed by atoms with Gasteiger partial charge in [-0.05, 0) is 17.7 Å². The highest BCUT2D eigenvalue weighted by molar-refractivity contribution is 6.02. The summed E-state index contributed by atoms with van der Waals surface area (Å²) in [6.07, 6.45) is -17.2. The smallest absolute Gasteiger partial charge is 0.229 e. The van der Waals surface area contributed by atoms with E-state index in [0.717, 1.165) is 6.07 Å². The van der Waals surface area contributed by atoms with E-state index in [1.807, 2.05) is 0 Å². The molecule has 5 rings (SSSR count). The van der Waals surface area contributed by atoms with Crippen molar-refractivity contribution in [3.63, 3.8) is 0 Å². The molecule has 0 spiro atoms. The second-order valence-corrected chi connectivity index (χ2v) is 10.4. The van der Waals surface area contributed by atoms with E-state index in [4.69, 9.17) is 28.4 Å². The van der Waals surface area contributed by atoms with Crippen LogP contribution in [0.5, 0.6) is 23.0 Å². The highest BCUT2D eigenvalue weighted by Crippen LogP contribution is 2.43. The third-order valence-electron chi connectivity index (χ3n) is 7.68. The molecule has 8 N–H and O–H groups in total. The molecule has 2 fully saturated rings. The van der Waals surface area contributed by atoms with Gasteiger partial charge in [-0.25, -0.2) is 0 Å². The molecule has 0 amide bonds. The van der Waals surface area contributed by atoms with Crippen LogP contribution in [-0.4, -0.2) is 128 Å². The molecular formula is C28H34O15. The number of ketones is 1. The van der Waals surface area contributed by atoms with Crippen molar-refractivity contribution in [1.82, 2.24) is 0 Å². The maximum absolute atomic E-state index is 12.9. The summed E-state index contributed by atoms with van der Waals surface area (Å²) in [7, 11) is 1.52. The maximum Gasteiger partial charge on any atom is 0.229 e. The van der Waals surface area contributed by atoms with Gasteiger partial charge in [0.05, 0.1) is 26.7 Å². The highest BCUT2D eigenvalue weighted by Gasteiger charge is 2.51. The zero-order valence-electron chi connectivity index (χ0n) is 22.9. The fraction of sp³-hybridized carbons (Fsp3) is 0.536. The van der Waals surface area contributed by atoms with Crippen LogP contribution < -0.4 is 14.2 Å². The first-order valence-corrected chi connectivity index (χ1v) is 13.5. The molecule has 0 aromatic heterocycles. The number of Topliss-reactive ketones (excluding diaryl/α,β-unsaturated/α-hetero) is 1. The Labute approximate surface area is 245 Å². The van der Waals surface area contributed by atoms with Gasteiger partial charge in [0.1, 0.15) is 77.4 Å². The molecule has 0 radical (unpaired) electrons. The van der Waals surface area contributed by atoms with Crippen LogP contribution in [0.15, 0.2) is 36.4 Å². The van der Waals surface area contributed by atoms with Gasteiger partial charge in [-0.3, -0.25) is 4.79 Å². The Balaban J connectivity index is 1.41. The number of hydrogen-bond acceptors (Lipinski definition) is 15. The third-order valence-corrected chi connectivity index (χ3v) is 7.68. The van der Waals surface area contributed by atoms with E-state index in [1.54, 1.807) is 24.3 Å². The number of carbonyl (C=O) groups is 1. The van der Waals surface area contributed by atoms with Gasteiger partial charge in [0, 0.05) is 12.1 Å². The molecule has 0 unspecified atom stereocenters. The molecule has 15 heteroatoms. The summed E-state index contributed by atoms with van der Waals surface area (Å²) in [6.45, 7) is -1.48. The SMILES string of the molecule is COc1ccc([C@H]2CC(=O)c3c(O)cc(O[C@@H]4O[C@H](CO)[C@@H](O)[C@H](O)[C@H]4O[C@@H]4O[C@H](CO)[C@@H](O)[C@H](O)[C@H]4O)cc3O2)cc1. The molecule has 2 aromatic carbocycles. The Morgan fingerprint density at radius 2 is 1.44 bits per heavy atom. The summed E-state index contributed by atoms with van der Waals surface area (Å²) in [5.41, 5.74) is 0.608. The zero-order valence-corrected chi connectivity index (χ0v) is 22.9. The molecule has 15 nitrogen and oxygen atoms in total. The molecule has 3 heterocycles. The van der Waals surface area contributed by atoms with Crippen LogP contribution in [-0.2, 0) is 14.2 Å². The van der Waals surface area contributed by atoms with E-state index in [9.17, 15) is 45.6 Å². The number of fused-ring (bicyclic) bond motifs is 1. The second kappa shape index (κ2) is 12.9. The van der Waals surface area contributed by atoms with Gasteiger partial charge in [0.15, 0.2) is 18.2 Å². The number of carbonyl (C=O) groups excluding carboxylic acids is 1. The number of benzene rings is 2. The van der Waals surface area contributed by atoms with E-state index < -0.39 is 86.5 Å². The van der Waals surface area contributed by atoms with Gasteiger partial charge >= 0.3 is 0 Å². The molecule has 236 valence electrons. The van der Waals surface area contributed by atoms with Crippen LogP contribution in [0.2, 0.25) is 0 Å². The average molecular weight is 611 g/mol. The van der Waals surface area contributed by atoms with Crippen LogP contribution >= 0.6 is 0 Å². The van der Waals surface area contributed by atoms with E-state index in [-0.39, 0.29) is 29.3 Å². The zero-order chi connectivity index (χ0) is 31.0. The fourth-order valence-electron chi connectivity index (χ4n) is 5.25. The fourth-order valence-corrected chi connectivity index (χ4v) is 5.25. The lowest BCUT2D eigenvalue weighted by molar-refractivity contribution is -0.357. The van der Waals surface area contributed by atoms with Gasteiger partial charge in [-0.2, -0.15) is 0 Å². The van der Waals surface area contributed by atoms with Crippen LogP contribution in [0, 0.1) is 0 Å². The van der Waals surface area contributed by atoms with Crippen LogP contribution in [0.25, 0.3) is 0 Å². The topological polar surface area (TPSA) is 234 Å². The maximum atomic E-state index is 12.9. The summed E-state index contributed by atoms with van der Waals surface area (Å²) < 4.78 is 33.7. The highest BCUT2D eigenvalue weighted by atomic mass is 16.8. The molecule has 2 saturated heterocycles. The first-order valence-electron chi connectivity index (χ1n) is 13.5. The van der Waals surface area contributed by atoms with Crippen molar-refractivity contribution in [3.8, 4) is 23.0 Å². The minimum atomic E-state index is -1.85. The lowest BCUT2D eigenvalue weighted by atomic mass is 9.95. The summed E-state index contributed by atoms with van der Waals surface area (Å²) in [5.74, 6) is -0.364. The molecule has 2 aromatic rings. The van der Waals surface area contributed by atoms with Gasteiger partial charge in [-0.1, -0.05) is 12.1 Å². The van der Waals surface area contributed by atoms with Crippen molar-refractivity contribution in [3.05, 3.63) is 47.5 Å². The van der Waals surface area contributed by atoms with Crippen LogP contribution in [0.1, 0.15) is 28.4 Å². The number of methoxy groups -OCH3 is 1. The number of aliphatic hydroxyl groups excluding tert-OH is 7. The predicted octanol–water partition coefficient (Wildman–Crippen LogP) is -1.89. The molecule has 0 bridgehead atoms. The van der Waals surface area contributed by atoms with Gasteiger partial charge < -0.3 is 69.3 Å². The van der Waals surface area contributed by atoms with Crippen LogP contribution in [0.4, 0.5) is 0 Å². The molecule has 3 aliphatic rings. The second-order valence-electron chi connectivity index (χ2n) is 10.4. The minimum absolute atomic E-state index is 0.00595. The van der Waals surface area contributed by atoms with Crippen LogP contribution in [0.3, 0.4) is 0 Å². The Bertz CT molecular complexity index is 1270. The number of phenolic OH excluding ortho intramolecular Hbond substituents is 1. The molecule has 11 atom stereocenters. The number of hydrogen-bond donors (Lipinski definition) is 8. The van der Waals surface area contributed by atoms with Crippen molar-refractivity contribution in [1.29, 1.82) is 0 Å². The van der Waals surface area contributed by atoms with Crippen molar-refractivity contribution < 1.29 is 74.1 Å². The number of ether oxygens (including phenoxy) is 6. The van der Waals surface area contributed by atoms with E-state index in [1.165, 1.54) is 13.2 Å². The number of aromatic hydroxyl groups is 1. The first kappa shape index (κ1) is 31.3. The number of aliphatic hydroxyl groups is 7. The van der Waals surface area contributed by atoms with Crippen molar-refractivity contribution in [2.45, 2.75) is 73.9 Å². The Morgan fingerprint density at radius 1 is 0.814 bits per heavy atom. The molecule has 0 saturated carbocycles. The lowest BCUT2D eigenvalue weighted by Gasteiger charge is -2.45. The van der Waals surface area contributed by atoms with Gasteiger partial charge in [0.25, 0.3) is 0 Å². The Hall–Kier alpha value is -3.09. The van der Waals surface area contributed by atoms with Gasteiger partial charge in [-0.15, -0.1) is 0 Å². The van der Waals surface area contributed by atoms with Crippen molar-refractivity contribution in [2.75, 3.05) is 20.3 Å². The van der Waals surface area contributed by atoms with Crippen molar-refractivity contribution in [2.24, 2.45) is 0 Å². The summed E-state index contributed by atoms with van der Waals surface area (Å²) in [6, 6.07) is 9.31. The number of phenols is 1. The Kier molecular flexibility index (Phi) is 9.38. The monoisotopic (exact) mass is 610 g/mol. The average Bonchev–Trinajstić information content (AvgIpc) is 3.00. The van der Waals surface area contributed by atoms with E-state index in [2.05, 4.69) is 0 Å². The molecule has 0 aliphatic carbocycles. The Morgan fingerprint density at radius 3 is 2.07 bits per heavy atom. The summed E-state index contributed by atoms with van der Waals surface area (Å²) in [5, 5.41) is 81.8. The van der Waals surface area contributed by atoms with Gasteiger partial charge in [0.2, 0.25) is 6.29 Å². The summed E-state index contributed by atoms with van der Waals surface area (Å²) >= 11 is 0. The predicted molar refractivity (Wildman–Crippen MR) is 140 cm³/mol.